The summed E-state index contributed by atoms with van der Waals surface area (Å²) in [5, 5.41) is 12.8. The van der Waals surface area contributed by atoms with Crippen LogP contribution in [0.4, 0.5) is 0 Å². The Morgan fingerprint density at radius 3 is 2.81 bits per heavy atom. The van der Waals surface area contributed by atoms with E-state index in [1.165, 1.54) is 11.1 Å². The number of β-amino-alcohol motifs (C(OH)–C–C–N with tert-alkyl or cyclic N) is 1. The number of amides is 1. The Morgan fingerprint density at radius 1 is 1.38 bits per heavy atom. The number of nitrogens with zero attached hydrogens (tertiary/aromatic N) is 2. The second-order valence-corrected chi connectivity index (χ2v) is 5.95. The molecule has 1 aliphatic heterocycles. The first-order valence-electron chi connectivity index (χ1n) is 7.43. The van der Waals surface area contributed by atoms with E-state index in [1.54, 1.807) is 0 Å². The van der Waals surface area contributed by atoms with E-state index in [9.17, 15) is 9.90 Å². The van der Waals surface area contributed by atoms with Gasteiger partial charge in [0.2, 0.25) is 5.91 Å². The standard InChI is InChI=1S/C16H25N3O2/c1-18(2)12-16(21)17-9-15(20)11-19-8-7-13-5-3-4-6-14(13)10-19/h3-6,15,20H,7-12H2,1-2H3,(H,17,21). The average Bonchev–Trinajstić information content (AvgIpc) is 2.44. The highest BCUT2D eigenvalue weighted by molar-refractivity contribution is 5.77. The normalized spacial score (nSPS) is 16.6. The number of carbonyl (C=O) groups is 1. The molecule has 1 heterocycles. The predicted octanol–water partition coefficient (Wildman–Crippen LogP) is 0.0834. The molecular weight excluding hydrogens is 266 g/mol. The second kappa shape index (κ2) is 7.54. The van der Waals surface area contributed by atoms with E-state index < -0.39 is 6.10 Å². The number of aliphatic hydroxyl groups excluding tert-OH is 1. The molecule has 0 bridgehead atoms. The lowest BCUT2D eigenvalue weighted by Crippen LogP contribution is -2.43. The first-order valence-corrected chi connectivity index (χ1v) is 7.43. The summed E-state index contributed by atoms with van der Waals surface area (Å²) in [4.78, 5) is 15.6. The molecule has 1 aromatic carbocycles. The largest absolute Gasteiger partial charge is 0.390 e. The van der Waals surface area contributed by atoms with Crippen molar-refractivity contribution in [3.05, 3.63) is 35.4 Å². The van der Waals surface area contributed by atoms with Crippen LogP contribution in [0.15, 0.2) is 24.3 Å². The highest BCUT2D eigenvalue weighted by atomic mass is 16.3. The summed E-state index contributed by atoms with van der Waals surface area (Å²) in [7, 11) is 3.70. The van der Waals surface area contributed by atoms with Crippen LogP contribution in [-0.2, 0) is 17.8 Å². The molecular formula is C16H25N3O2. The molecule has 0 saturated carbocycles. The Bertz CT molecular complexity index is 476. The van der Waals surface area contributed by atoms with Crippen molar-refractivity contribution in [3.63, 3.8) is 0 Å². The fourth-order valence-corrected chi connectivity index (χ4v) is 2.65. The number of carbonyl (C=O) groups excluding carboxylic acids is 1. The van der Waals surface area contributed by atoms with Gasteiger partial charge in [0, 0.05) is 26.2 Å². The van der Waals surface area contributed by atoms with Gasteiger partial charge in [0.05, 0.1) is 12.6 Å². The van der Waals surface area contributed by atoms with Crippen LogP contribution < -0.4 is 5.32 Å². The first kappa shape index (κ1) is 15.9. The molecule has 0 aliphatic carbocycles. The van der Waals surface area contributed by atoms with E-state index in [0.29, 0.717) is 19.6 Å². The fourth-order valence-electron chi connectivity index (χ4n) is 2.65. The second-order valence-electron chi connectivity index (χ2n) is 5.95. The number of hydrogen-bond acceptors (Lipinski definition) is 4. The molecule has 1 atom stereocenters. The maximum atomic E-state index is 11.5. The SMILES string of the molecule is CN(C)CC(=O)NCC(O)CN1CCc2ccccc2C1. The third kappa shape index (κ3) is 5.12. The van der Waals surface area contributed by atoms with Gasteiger partial charge < -0.3 is 15.3 Å². The van der Waals surface area contributed by atoms with Gasteiger partial charge in [-0.25, -0.2) is 0 Å². The topological polar surface area (TPSA) is 55.8 Å². The van der Waals surface area contributed by atoms with Crippen LogP contribution in [0.1, 0.15) is 11.1 Å². The summed E-state index contributed by atoms with van der Waals surface area (Å²) in [6.07, 6.45) is 0.497. The lowest BCUT2D eigenvalue weighted by molar-refractivity contribution is -0.122. The minimum absolute atomic E-state index is 0.0527. The summed E-state index contributed by atoms with van der Waals surface area (Å²) >= 11 is 0. The molecule has 2 rings (SSSR count). The smallest absolute Gasteiger partial charge is 0.234 e. The molecule has 116 valence electrons. The molecule has 2 N–H and O–H groups in total. The third-order valence-electron chi connectivity index (χ3n) is 3.67. The minimum atomic E-state index is -0.527. The van der Waals surface area contributed by atoms with Gasteiger partial charge in [-0.05, 0) is 31.6 Å². The Hall–Kier alpha value is -1.43. The van der Waals surface area contributed by atoms with E-state index in [0.717, 1.165) is 19.5 Å². The van der Waals surface area contributed by atoms with Crippen molar-refractivity contribution in [1.82, 2.24) is 15.1 Å². The highest BCUT2D eigenvalue weighted by Gasteiger charge is 2.18. The van der Waals surface area contributed by atoms with Crippen molar-refractivity contribution in [3.8, 4) is 0 Å². The van der Waals surface area contributed by atoms with Crippen LogP contribution in [-0.4, -0.2) is 67.2 Å². The van der Waals surface area contributed by atoms with Crippen LogP contribution in [0, 0.1) is 0 Å². The number of aliphatic hydroxyl groups is 1. The van der Waals surface area contributed by atoms with Gasteiger partial charge in [-0.3, -0.25) is 9.69 Å². The van der Waals surface area contributed by atoms with Crippen LogP contribution in [0.3, 0.4) is 0 Å². The van der Waals surface area contributed by atoms with E-state index in [2.05, 4.69) is 34.5 Å². The summed E-state index contributed by atoms with van der Waals surface area (Å²) in [5.74, 6) is -0.0527. The number of hydrogen-bond donors (Lipinski definition) is 2. The van der Waals surface area contributed by atoms with Gasteiger partial charge in [-0.2, -0.15) is 0 Å². The van der Waals surface area contributed by atoms with Crippen LogP contribution in [0.2, 0.25) is 0 Å². The zero-order valence-corrected chi connectivity index (χ0v) is 12.9. The third-order valence-corrected chi connectivity index (χ3v) is 3.67. The van der Waals surface area contributed by atoms with Crippen molar-refractivity contribution < 1.29 is 9.90 Å². The van der Waals surface area contributed by atoms with Crippen LogP contribution >= 0.6 is 0 Å². The van der Waals surface area contributed by atoms with Crippen molar-refractivity contribution in [1.29, 1.82) is 0 Å². The quantitative estimate of drug-likeness (QED) is 0.779. The van der Waals surface area contributed by atoms with Crippen molar-refractivity contribution in [2.75, 3.05) is 40.3 Å². The van der Waals surface area contributed by atoms with Gasteiger partial charge in [0.25, 0.3) is 0 Å². The van der Waals surface area contributed by atoms with E-state index in [-0.39, 0.29) is 5.91 Å². The van der Waals surface area contributed by atoms with Gasteiger partial charge in [0.15, 0.2) is 0 Å². The Balaban J connectivity index is 1.74. The molecule has 0 radical (unpaired) electrons. The van der Waals surface area contributed by atoms with Crippen molar-refractivity contribution in [2.45, 2.75) is 19.1 Å². The lowest BCUT2D eigenvalue weighted by atomic mass is 10.00. The van der Waals surface area contributed by atoms with Crippen molar-refractivity contribution >= 4 is 5.91 Å². The molecule has 1 aromatic rings. The zero-order valence-electron chi connectivity index (χ0n) is 12.9. The predicted molar refractivity (Wildman–Crippen MR) is 83.0 cm³/mol. The number of benzene rings is 1. The van der Waals surface area contributed by atoms with Gasteiger partial charge in [-0.15, -0.1) is 0 Å². The summed E-state index contributed by atoms with van der Waals surface area (Å²) in [6.45, 7) is 3.09. The Kier molecular flexibility index (Phi) is 5.73. The molecule has 0 saturated heterocycles. The van der Waals surface area contributed by atoms with Gasteiger partial charge in [0.1, 0.15) is 0 Å². The Labute approximate surface area is 126 Å². The number of rotatable bonds is 6. The molecule has 1 amide bonds. The number of fused-ring (bicyclic) bond motifs is 1. The monoisotopic (exact) mass is 291 g/mol. The number of likely N-dealkylation sites (N-methyl/N-ethyl adjacent to an activating group) is 1. The first-order chi connectivity index (χ1) is 10.0. The van der Waals surface area contributed by atoms with Gasteiger partial charge in [-0.1, -0.05) is 24.3 Å². The molecule has 0 fully saturated rings. The zero-order chi connectivity index (χ0) is 15.2. The summed E-state index contributed by atoms with van der Waals surface area (Å²) in [6, 6.07) is 8.45. The molecule has 5 heteroatoms. The maximum Gasteiger partial charge on any atom is 0.234 e. The maximum absolute atomic E-state index is 11.5. The summed E-state index contributed by atoms with van der Waals surface area (Å²) in [5.41, 5.74) is 2.75. The average molecular weight is 291 g/mol. The van der Waals surface area contributed by atoms with Crippen LogP contribution in [0.5, 0.6) is 0 Å². The molecule has 1 aliphatic rings. The molecule has 0 spiro atoms. The molecule has 0 aromatic heterocycles. The molecule has 1 unspecified atom stereocenters. The van der Waals surface area contributed by atoms with E-state index in [1.807, 2.05) is 19.0 Å². The fraction of sp³-hybridized carbons (Fsp3) is 0.562. The van der Waals surface area contributed by atoms with Gasteiger partial charge >= 0.3 is 0 Å². The highest BCUT2D eigenvalue weighted by Crippen LogP contribution is 2.18. The van der Waals surface area contributed by atoms with Crippen molar-refractivity contribution in [2.24, 2.45) is 0 Å². The lowest BCUT2D eigenvalue weighted by Gasteiger charge is -2.30. The van der Waals surface area contributed by atoms with E-state index in [4.69, 9.17) is 0 Å². The molecule has 5 nitrogen and oxygen atoms in total. The number of nitrogens with one attached hydrogen (secondary N) is 1. The van der Waals surface area contributed by atoms with E-state index >= 15 is 0 Å². The summed E-state index contributed by atoms with van der Waals surface area (Å²) < 4.78 is 0. The minimum Gasteiger partial charge on any atom is -0.390 e. The van der Waals surface area contributed by atoms with Crippen LogP contribution in [0.25, 0.3) is 0 Å². The Morgan fingerprint density at radius 2 is 2.10 bits per heavy atom. The molecule has 21 heavy (non-hydrogen) atoms.